The number of carbonyl (C=O) groups excluding carboxylic acids is 1. The Labute approximate surface area is 135 Å². The first kappa shape index (κ1) is 14.9. The van der Waals surface area contributed by atoms with E-state index in [1.54, 1.807) is 23.1 Å². The van der Waals surface area contributed by atoms with E-state index in [9.17, 15) is 4.79 Å². The number of rotatable bonds is 3. The molecule has 0 N–H and O–H groups in total. The van der Waals surface area contributed by atoms with Gasteiger partial charge in [0.05, 0.1) is 11.6 Å². The molecule has 114 valence electrons. The lowest BCUT2D eigenvalue weighted by Gasteiger charge is -2.28. The van der Waals surface area contributed by atoms with Gasteiger partial charge in [0, 0.05) is 13.1 Å². The topological polar surface area (TPSA) is 53.3 Å². The van der Waals surface area contributed by atoms with E-state index in [0.29, 0.717) is 30.2 Å². The second-order valence-electron chi connectivity index (χ2n) is 5.39. The first-order valence-electron chi connectivity index (χ1n) is 7.41. The second kappa shape index (κ2) is 6.37. The summed E-state index contributed by atoms with van der Waals surface area (Å²) < 4.78 is 5.83. The second-order valence-corrected chi connectivity index (χ2v) is 5.39. The van der Waals surface area contributed by atoms with Crippen LogP contribution in [0.4, 0.5) is 0 Å². The SMILES string of the molecule is C=CC(=O)N1CCc2ccc(Oc3cccc(C#N)c3)cc2C1. The molecule has 0 saturated carbocycles. The monoisotopic (exact) mass is 304 g/mol. The molecule has 0 aliphatic carbocycles. The van der Waals surface area contributed by atoms with Crippen LogP contribution < -0.4 is 4.74 Å². The molecule has 1 aliphatic rings. The van der Waals surface area contributed by atoms with Gasteiger partial charge in [-0.25, -0.2) is 0 Å². The molecule has 0 atom stereocenters. The highest BCUT2D eigenvalue weighted by Crippen LogP contribution is 2.27. The molecule has 0 saturated heterocycles. The Hall–Kier alpha value is -3.06. The van der Waals surface area contributed by atoms with E-state index in [2.05, 4.69) is 12.6 Å². The molecule has 23 heavy (non-hydrogen) atoms. The van der Waals surface area contributed by atoms with Crippen LogP contribution in [0, 0.1) is 11.3 Å². The third-order valence-electron chi connectivity index (χ3n) is 3.88. The number of nitrogens with zero attached hydrogens (tertiary/aromatic N) is 2. The number of benzene rings is 2. The Bertz CT molecular complexity index is 805. The molecule has 4 nitrogen and oxygen atoms in total. The van der Waals surface area contributed by atoms with Crippen LogP contribution in [0.15, 0.2) is 55.1 Å². The minimum atomic E-state index is -0.0521. The Balaban J connectivity index is 1.82. The maximum Gasteiger partial charge on any atom is 0.246 e. The quantitative estimate of drug-likeness (QED) is 0.816. The molecular formula is C19H16N2O2. The van der Waals surface area contributed by atoms with Crippen molar-refractivity contribution in [2.24, 2.45) is 0 Å². The molecule has 1 amide bonds. The number of hydrogen-bond acceptors (Lipinski definition) is 3. The van der Waals surface area contributed by atoms with Gasteiger partial charge in [0.15, 0.2) is 0 Å². The maximum absolute atomic E-state index is 11.8. The van der Waals surface area contributed by atoms with Crippen molar-refractivity contribution in [1.82, 2.24) is 4.90 Å². The minimum absolute atomic E-state index is 0.0521. The molecule has 0 fully saturated rings. The summed E-state index contributed by atoms with van der Waals surface area (Å²) in [4.78, 5) is 13.5. The molecule has 1 heterocycles. The van der Waals surface area contributed by atoms with Crippen molar-refractivity contribution in [2.45, 2.75) is 13.0 Å². The Morgan fingerprint density at radius 3 is 2.83 bits per heavy atom. The Morgan fingerprint density at radius 1 is 1.22 bits per heavy atom. The van der Waals surface area contributed by atoms with Gasteiger partial charge in [-0.2, -0.15) is 5.26 Å². The zero-order chi connectivity index (χ0) is 16.2. The molecule has 2 aromatic rings. The summed E-state index contributed by atoms with van der Waals surface area (Å²) in [5.74, 6) is 1.27. The lowest BCUT2D eigenvalue weighted by Crippen LogP contribution is -2.34. The van der Waals surface area contributed by atoms with Crippen LogP contribution >= 0.6 is 0 Å². The standard InChI is InChI=1S/C19H16N2O2/c1-2-19(22)21-9-8-15-6-7-18(11-16(15)13-21)23-17-5-3-4-14(10-17)12-20/h2-7,10-11H,1,8-9,13H2. The van der Waals surface area contributed by atoms with Gasteiger partial charge < -0.3 is 9.64 Å². The summed E-state index contributed by atoms with van der Waals surface area (Å²) >= 11 is 0. The first-order valence-corrected chi connectivity index (χ1v) is 7.41. The number of hydrogen-bond donors (Lipinski definition) is 0. The van der Waals surface area contributed by atoms with Crippen LogP contribution in [-0.2, 0) is 17.8 Å². The summed E-state index contributed by atoms with van der Waals surface area (Å²) in [6, 6.07) is 15.0. The van der Waals surface area contributed by atoms with Crippen LogP contribution in [0.2, 0.25) is 0 Å². The van der Waals surface area contributed by atoms with E-state index in [1.165, 1.54) is 11.6 Å². The molecule has 0 unspecified atom stereocenters. The molecule has 2 aromatic carbocycles. The average molecular weight is 304 g/mol. The molecular weight excluding hydrogens is 288 g/mol. The predicted octanol–water partition coefficient (Wildman–Crippen LogP) is 3.42. The Morgan fingerprint density at radius 2 is 2.04 bits per heavy atom. The summed E-state index contributed by atoms with van der Waals surface area (Å²) in [6.07, 6.45) is 2.18. The van der Waals surface area contributed by atoms with E-state index < -0.39 is 0 Å². The maximum atomic E-state index is 11.8. The van der Waals surface area contributed by atoms with Crippen LogP contribution in [0.5, 0.6) is 11.5 Å². The van der Waals surface area contributed by atoms with Gasteiger partial charge in [-0.1, -0.05) is 18.7 Å². The van der Waals surface area contributed by atoms with Crippen LogP contribution in [0.1, 0.15) is 16.7 Å². The number of carbonyl (C=O) groups is 1. The third kappa shape index (κ3) is 3.24. The minimum Gasteiger partial charge on any atom is -0.457 e. The van der Waals surface area contributed by atoms with Gasteiger partial charge in [0.25, 0.3) is 0 Å². The van der Waals surface area contributed by atoms with Crippen molar-refractivity contribution in [3.05, 3.63) is 71.8 Å². The lowest BCUT2D eigenvalue weighted by atomic mass is 9.99. The van der Waals surface area contributed by atoms with E-state index in [0.717, 1.165) is 12.0 Å². The summed E-state index contributed by atoms with van der Waals surface area (Å²) in [5, 5.41) is 8.94. The van der Waals surface area contributed by atoms with Gasteiger partial charge >= 0.3 is 0 Å². The fraction of sp³-hybridized carbons (Fsp3) is 0.158. The summed E-state index contributed by atoms with van der Waals surface area (Å²) in [5.41, 5.74) is 2.87. The molecule has 0 radical (unpaired) electrons. The van der Waals surface area contributed by atoms with Crippen molar-refractivity contribution in [3.8, 4) is 17.6 Å². The highest BCUT2D eigenvalue weighted by atomic mass is 16.5. The molecule has 0 aromatic heterocycles. The fourth-order valence-corrected chi connectivity index (χ4v) is 2.68. The summed E-state index contributed by atoms with van der Waals surface area (Å²) in [7, 11) is 0. The first-order chi connectivity index (χ1) is 11.2. The molecule has 0 bridgehead atoms. The predicted molar refractivity (Wildman–Crippen MR) is 87.0 cm³/mol. The van der Waals surface area contributed by atoms with E-state index in [4.69, 9.17) is 10.00 Å². The average Bonchev–Trinajstić information content (AvgIpc) is 2.60. The van der Waals surface area contributed by atoms with Crippen molar-refractivity contribution in [1.29, 1.82) is 5.26 Å². The fourth-order valence-electron chi connectivity index (χ4n) is 2.68. The van der Waals surface area contributed by atoms with Gasteiger partial charge in [-0.15, -0.1) is 0 Å². The van der Waals surface area contributed by atoms with Crippen LogP contribution in [0.25, 0.3) is 0 Å². The number of nitriles is 1. The van der Waals surface area contributed by atoms with Crippen LogP contribution in [0.3, 0.4) is 0 Å². The highest BCUT2D eigenvalue weighted by Gasteiger charge is 2.19. The summed E-state index contributed by atoms with van der Waals surface area (Å²) in [6.45, 7) is 4.81. The molecule has 3 rings (SSSR count). The largest absolute Gasteiger partial charge is 0.457 e. The van der Waals surface area contributed by atoms with Crippen LogP contribution in [-0.4, -0.2) is 17.4 Å². The number of fused-ring (bicyclic) bond motifs is 1. The van der Waals surface area contributed by atoms with Gasteiger partial charge in [0.2, 0.25) is 5.91 Å². The molecule has 4 heteroatoms. The van der Waals surface area contributed by atoms with E-state index >= 15 is 0 Å². The van der Waals surface area contributed by atoms with Crippen molar-refractivity contribution >= 4 is 5.91 Å². The zero-order valence-corrected chi connectivity index (χ0v) is 12.7. The zero-order valence-electron chi connectivity index (χ0n) is 12.7. The lowest BCUT2D eigenvalue weighted by molar-refractivity contribution is -0.126. The highest BCUT2D eigenvalue weighted by molar-refractivity contribution is 5.87. The molecule has 1 aliphatic heterocycles. The van der Waals surface area contributed by atoms with Gasteiger partial charge in [-0.05, 0) is 54.0 Å². The van der Waals surface area contributed by atoms with Gasteiger partial charge in [0.1, 0.15) is 11.5 Å². The third-order valence-corrected chi connectivity index (χ3v) is 3.88. The molecule has 0 spiro atoms. The van der Waals surface area contributed by atoms with Crippen molar-refractivity contribution in [3.63, 3.8) is 0 Å². The number of ether oxygens (including phenoxy) is 1. The van der Waals surface area contributed by atoms with E-state index in [1.807, 2.05) is 24.3 Å². The Kier molecular flexibility index (Phi) is 4.11. The van der Waals surface area contributed by atoms with E-state index in [-0.39, 0.29) is 5.91 Å². The van der Waals surface area contributed by atoms with Crippen molar-refractivity contribution < 1.29 is 9.53 Å². The van der Waals surface area contributed by atoms with Crippen molar-refractivity contribution in [2.75, 3.05) is 6.54 Å². The smallest absolute Gasteiger partial charge is 0.246 e. The number of amides is 1. The van der Waals surface area contributed by atoms with Gasteiger partial charge in [-0.3, -0.25) is 4.79 Å². The normalized spacial score (nSPS) is 12.9.